The molecule has 0 aromatic heterocycles. The normalized spacial score (nSPS) is 23.5. The highest BCUT2D eigenvalue weighted by Gasteiger charge is 2.27. The summed E-state index contributed by atoms with van der Waals surface area (Å²) in [5.41, 5.74) is 5.54. The fourth-order valence-corrected chi connectivity index (χ4v) is 3.04. The summed E-state index contributed by atoms with van der Waals surface area (Å²) in [5, 5.41) is 0. The third-order valence-corrected chi connectivity index (χ3v) is 4.15. The van der Waals surface area contributed by atoms with Crippen LogP contribution in [0.4, 0.5) is 0 Å². The van der Waals surface area contributed by atoms with Gasteiger partial charge in [-0.2, -0.15) is 12.7 Å². The van der Waals surface area contributed by atoms with Crippen LogP contribution in [0.3, 0.4) is 0 Å². The Morgan fingerprint density at radius 2 is 2.20 bits per heavy atom. The van der Waals surface area contributed by atoms with Crippen LogP contribution in [0.15, 0.2) is 0 Å². The lowest BCUT2D eigenvalue weighted by molar-refractivity contribution is 0.269. The zero-order chi connectivity index (χ0) is 10.6. The van der Waals surface area contributed by atoms with Crippen LogP contribution in [0.25, 0.3) is 0 Å². The molecule has 15 heavy (non-hydrogen) atoms. The van der Waals surface area contributed by atoms with E-state index in [0.717, 1.165) is 12.8 Å². The molecule has 0 bridgehead atoms. The van der Waals surface area contributed by atoms with Crippen LogP contribution in [0.1, 0.15) is 19.8 Å². The zero-order valence-electron chi connectivity index (χ0n) is 8.98. The van der Waals surface area contributed by atoms with Gasteiger partial charge in [-0.25, -0.2) is 4.72 Å². The maximum absolute atomic E-state index is 11.6. The van der Waals surface area contributed by atoms with Gasteiger partial charge < -0.3 is 5.73 Å². The molecule has 0 aromatic rings. The molecule has 0 spiro atoms. The van der Waals surface area contributed by atoms with E-state index >= 15 is 0 Å². The Kier molecular flexibility index (Phi) is 6.70. The third-order valence-electron chi connectivity index (χ3n) is 2.48. The number of nitrogens with two attached hydrogens (primary N) is 1. The van der Waals surface area contributed by atoms with Gasteiger partial charge in [0.25, 0.3) is 10.2 Å². The van der Waals surface area contributed by atoms with Gasteiger partial charge in [0, 0.05) is 19.6 Å². The fourth-order valence-electron chi connectivity index (χ4n) is 1.71. The van der Waals surface area contributed by atoms with Gasteiger partial charge in [-0.1, -0.05) is 6.92 Å². The van der Waals surface area contributed by atoms with Gasteiger partial charge in [0.1, 0.15) is 0 Å². The van der Waals surface area contributed by atoms with E-state index in [9.17, 15) is 8.42 Å². The van der Waals surface area contributed by atoms with E-state index in [1.165, 1.54) is 4.31 Å². The molecule has 0 radical (unpaired) electrons. The van der Waals surface area contributed by atoms with Crippen molar-refractivity contribution in [1.82, 2.24) is 9.03 Å². The minimum absolute atomic E-state index is 0. The number of hydrogen-bond acceptors (Lipinski definition) is 3. The number of halogens is 1. The highest BCUT2D eigenvalue weighted by atomic mass is 35.5. The maximum Gasteiger partial charge on any atom is 0.279 e. The summed E-state index contributed by atoms with van der Waals surface area (Å²) in [6.45, 7) is 3.96. The predicted molar refractivity (Wildman–Crippen MR) is 63.2 cm³/mol. The molecule has 7 heteroatoms. The highest BCUT2D eigenvalue weighted by molar-refractivity contribution is 7.87. The molecule has 1 unspecified atom stereocenters. The van der Waals surface area contributed by atoms with Crippen molar-refractivity contribution in [3.63, 3.8) is 0 Å². The average molecular weight is 258 g/mol. The molecule has 3 N–H and O–H groups in total. The first-order chi connectivity index (χ1) is 6.60. The second-order valence-corrected chi connectivity index (χ2v) is 5.36. The molecular formula is C8H20ClN3O2S. The molecule has 1 rings (SSSR count). The average Bonchev–Trinajstić information content (AvgIpc) is 2.18. The van der Waals surface area contributed by atoms with Gasteiger partial charge in [0.15, 0.2) is 0 Å². The minimum atomic E-state index is -3.25. The van der Waals surface area contributed by atoms with Gasteiger partial charge in [-0.3, -0.25) is 0 Å². The smallest absolute Gasteiger partial charge is 0.279 e. The minimum Gasteiger partial charge on any atom is -0.330 e. The lowest BCUT2D eigenvalue weighted by Gasteiger charge is -2.31. The van der Waals surface area contributed by atoms with E-state index in [-0.39, 0.29) is 12.4 Å². The fraction of sp³-hybridized carbons (Fsp3) is 1.00. The molecule has 92 valence electrons. The van der Waals surface area contributed by atoms with Crippen LogP contribution >= 0.6 is 12.4 Å². The standard InChI is InChI=1S/C8H19N3O2S.ClH/c1-2-10-14(12,13)11-5-3-4-8(6-9)7-11;/h8,10H,2-7,9H2,1H3;1H. The number of rotatable bonds is 4. The van der Waals surface area contributed by atoms with E-state index in [0.29, 0.717) is 32.1 Å². The van der Waals surface area contributed by atoms with Crippen molar-refractivity contribution in [3.05, 3.63) is 0 Å². The second-order valence-electron chi connectivity index (χ2n) is 3.60. The first kappa shape index (κ1) is 15.1. The van der Waals surface area contributed by atoms with Crippen LogP contribution < -0.4 is 10.5 Å². The lowest BCUT2D eigenvalue weighted by Crippen LogP contribution is -2.47. The van der Waals surface area contributed by atoms with E-state index < -0.39 is 10.2 Å². The van der Waals surface area contributed by atoms with Crippen molar-refractivity contribution < 1.29 is 8.42 Å². The van der Waals surface area contributed by atoms with Crippen LogP contribution in [0.2, 0.25) is 0 Å². The van der Waals surface area contributed by atoms with E-state index in [1.54, 1.807) is 6.92 Å². The molecule has 0 amide bonds. The topological polar surface area (TPSA) is 75.4 Å². The number of piperidine rings is 1. The summed E-state index contributed by atoms with van der Waals surface area (Å²) in [5.74, 6) is 0.317. The molecule has 1 heterocycles. The van der Waals surface area contributed by atoms with Crippen LogP contribution in [0, 0.1) is 5.92 Å². The van der Waals surface area contributed by atoms with E-state index in [4.69, 9.17) is 5.73 Å². The summed E-state index contributed by atoms with van der Waals surface area (Å²) < 4.78 is 27.2. The molecule has 1 saturated heterocycles. The third kappa shape index (κ3) is 4.24. The van der Waals surface area contributed by atoms with Crippen molar-refractivity contribution >= 4 is 22.6 Å². The van der Waals surface area contributed by atoms with Crippen molar-refractivity contribution in [2.75, 3.05) is 26.2 Å². The summed E-state index contributed by atoms with van der Waals surface area (Å²) in [6, 6.07) is 0. The largest absolute Gasteiger partial charge is 0.330 e. The SMILES string of the molecule is CCNS(=O)(=O)N1CCCC(CN)C1.Cl. The Labute approximate surface area is 98.0 Å². The Morgan fingerprint density at radius 1 is 1.53 bits per heavy atom. The molecule has 5 nitrogen and oxygen atoms in total. The molecular weight excluding hydrogens is 238 g/mol. The van der Waals surface area contributed by atoms with Gasteiger partial charge in [0.05, 0.1) is 0 Å². The van der Waals surface area contributed by atoms with Crippen LogP contribution in [0.5, 0.6) is 0 Å². The Morgan fingerprint density at radius 3 is 2.73 bits per heavy atom. The summed E-state index contributed by atoms with van der Waals surface area (Å²) in [7, 11) is -3.25. The monoisotopic (exact) mass is 257 g/mol. The lowest BCUT2D eigenvalue weighted by atomic mass is 10.0. The zero-order valence-corrected chi connectivity index (χ0v) is 10.6. The quantitative estimate of drug-likeness (QED) is 0.741. The van der Waals surface area contributed by atoms with Crippen LogP contribution in [-0.2, 0) is 10.2 Å². The molecule has 1 atom stereocenters. The number of nitrogens with one attached hydrogen (secondary N) is 1. The molecule has 1 aliphatic heterocycles. The predicted octanol–water partition coefficient (Wildman–Crippen LogP) is -0.0668. The first-order valence-electron chi connectivity index (χ1n) is 5.05. The van der Waals surface area contributed by atoms with Gasteiger partial charge in [-0.15, -0.1) is 12.4 Å². The molecule has 0 aliphatic carbocycles. The van der Waals surface area contributed by atoms with E-state index in [2.05, 4.69) is 4.72 Å². The molecule has 0 saturated carbocycles. The van der Waals surface area contributed by atoms with Gasteiger partial charge >= 0.3 is 0 Å². The number of nitrogens with zero attached hydrogens (tertiary/aromatic N) is 1. The Balaban J connectivity index is 0.00000196. The van der Waals surface area contributed by atoms with Crippen molar-refractivity contribution in [3.8, 4) is 0 Å². The Hall–Kier alpha value is 0.120. The summed E-state index contributed by atoms with van der Waals surface area (Å²) >= 11 is 0. The maximum atomic E-state index is 11.6. The first-order valence-corrected chi connectivity index (χ1v) is 6.49. The van der Waals surface area contributed by atoms with Crippen LogP contribution in [-0.4, -0.2) is 38.9 Å². The summed E-state index contributed by atoms with van der Waals surface area (Å²) in [4.78, 5) is 0. The van der Waals surface area contributed by atoms with E-state index in [1.807, 2.05) is 0 Å². The molecule has 0 aromatic carbocycles. The molecule has 1 fully saturated rings. The highest BCUT2D eigenvalue weighted by Crippen LogP contribution is 2.17. The Bertz CT molecular complexity index is 271. The molecule has 1 aliphatic rings. The van der Waals surface area contributed by atoms with Crippen molar-refractivity contribution in [2.45, 2.75) is 19.8 Å². The second kappa shape index (κ2) is 6.65. The van der Waals surface area contributed by atoms with Gasteiger partial charge in [0.2, 0.25) is 0 Å². The number of hydrogen-bond donors (Lipinski definition) is 2. The van der Waals surface area contributed by atoms with Crippen molar-refractivity contribution in [1.29, 1.82) is 0 Å². The van der Waals surface area contributed by atoms with Gasteiger partial charge in [-0.05, 0) is 25.3 Å². The summed E-state index contributed by atoms with van der Waals surface area (Å²) in [6.07, 6.45) is 1.95. The van der Waals surface area contributed by atoms with Crippen molar-refractivity contribution in [2.24, 2.45) is 11.7 Å².